The maximum atomic E-state index is 14.7. The monoisotopic (exact) mass is 423 g/mol. The molecular weight excluding hydrogens is 403 g/mol. The van der Waals surface area contributed by atoms with Crippen LogP contribution >= 0.6 is 11.6 Å². The summed E-state index contributed by atoms with van der Waals surface area (Å²) in [5.41, 5.74) is 1.09. The van der Waals surface area contributed by atoms with Gasteiger partial charge in [-0.15, -0.1) is 0 Å². The summed E-state index contributed by atoms with van der Waals surface area (Å²) in [4.78, 5) is 9.31. The predicted octanol–water partition coefficient (Wildman–Crippen LogP) is 5.84. The van der Waals surface area contributed by atoms with Crippen molar-refractivity contribution < 1.29 is 17.9 Å². The fourth-order valence-corrected chi connectivity index (χ4v) is 2.80. The molecule has 0 radical (unpaired) electrons. The lowest BCUT2D eigenvalue weighted by atomic mass is 10.1. The largest absolute Gasteiger partial charge is 0.473 e. The minimum Gasteiger partial charge on any atom is -0.473 e. The zero-order valence-corrected chi connectivity index (χ0v) is 16.9. The molecule has 0 saturated heterocycles. The number of halogens is 4. The van der Waals surface area contributed by atoms with E-state index in [0.717, 1.165) is 19.8 Å². The first kappa shape index (κ1) is 21.2. The van der Waals surface area contributed by atoms with Gasteiger partial charge in [-0.25, -0.2) is 18.2 Å². The van der Waals surface area contributed by atoms with Crippen LogP contribution in [-0.4, -0.2) is 26.8 Å². The predicted molar refractivity (Wildman–Crippen MR) is 106 cm³/mol. The van der Waals surface area contributed by atoms with E-state index in [0.29, 0.717) is 11.3 Å². The Bertz CT molecular complexity index is 939. The molecule has 0 atom stereocenters. The lowest BCUT2D eigenvalue weighted by Gasteiger charge is -2.25. The lowest BCUT2D eigenvalue weighted by molar-refractivity contribution is 0.0619. The summed E-state index contributed by atoms with van der Waals surface area (Å²) >= 11 is 5.70. The van der Waals surface area contributed by atoms with Crippen molar-refractivity contribution in [1.29, 1.82) is 0 Å². The van der Waals surface area contributed by atoms with Gasteiger partial charge in [0.15, 0.2) is 0 Å². The van der Waals surface area contributed by atoms with Crippen LogP contribution in [0.3, 0.4) is 0 Å². The fraction of sp³-hybridized carbons (Fsp3) is 0.333. The number of hydrogen-bond donors (Lipinski definition) is 0. The summed E-state index contributed by atoms with van der Waals surface area (Å²) in [6.07, 6.45) is 4.54. The summed E-state index contributed by atoms with van der Waals surface area (Å²) in [6.45, 7) is 6.24. The van der Waals surface area contributed by atoms with Crippen LogP contribution in [0.1, 0.15) is 37.8 Å². The van der Waals surface area contributed by atoms with Crippen molar-refractivity contribution in [2.75, 3.05) is 0 Å². The van der Waals surface area contributed by atoms with E-state index in [9.17, 15) is 13.2 Å². The summed E-state index contributed by atoms with van der Waals surface area (Å²) in [6, 6.07) is 6.21. The van der Waals surface area contributed by atoms with Crippen molar-refractivity contribution in [3.8, 4) is 5.88 Å². The number of nitrogens with zero attached hydrogens (tertiary/aromatic N) is 3. The van der Waals surface area contributed by atoms with Gasteiger partial charge in [-0.1, -0.05) is 12.6 Å². The van der Waals surface area contributed by atoms with E-state index in [2.05, 4.69) is 16.5 Å². The Morgan fingerprint density at radius 1 is 1.38 bits per heavy atom. The first-order chi connectivity index (χ1) is 13.6. The minimum absolute atomic E-state index is 0.0569. The normalized spacial score (nSPS) is 14.6. The van der Waals surface area contributed by atoms with Gasteiger partial charge in [0.1, 0.15) is 12.4 Å². The highest BCUT2D eigenvalue weighted by Gasteiger charge is 2.32. The van der Waals surface area contributed by atoms with Gasteiger partial charge in [0.05, 0.1) is 0 Å². The van der Waals surface area contributed by atoms with E-state index in [-0.39, 0.29) is 34.9 Å². The average Bonchev–Trinajstić information content (AvgIpc) is 3.48. The molecule has 1 heterocycles. The number of allylic oxidation sites excluding steroid dienone is 1. The molecule has 8 heteroatoms. The molecule has 0 N–H and O–H groups in total. The zero-order chi connectivity index (χ0) is 21.2. The number of ether oxygens (including phenoxy) is 1. The number of rotatable bonds is 8. The third-order valence-electron chi connectivity index (χ3n) is 4.61. The Morgan fingerprint density at radius 3 is 2.69 bits per heavy atom. The maximum absolute atomic E-state index is 14.7. The average molecular weight is 424 g/mol. The zero-order valence-electron chi connectivity index (χ0n) is 16.1. The SMILES string of the molecule is C=C(c1ccc(COc2ccnc(Cl)n2)cc1F)N(/C=C(\C)C(C)(F)F)C1CC1. The molecule has 154 valence electrons. The molecule has 1 fully saturated rings. The lowest BCUT2D eigenvalue weighted by Crippen LogP contribution is -2.22. The molecule has 0 bridgehead atoms. The summed E-state index contributed by atoms with van der Waals surface area (Å²) in [5, 5.41) is 0.0569. The van der Waals surface area contributed by atoms with E-state index in [4.69, 9.17) is 16.3 Å². The van der Waals surface area contributed by atoms with Crippen LogP contribution < -0.4 is 4.74 Å². The molecule has 0 aliphatic heterocycles. The summed E-state index contributed by atoms with van der Waals surface area (Å²) < 4.78 is 47.4. The van der Waals surface area contributed by atoms with Gasteiger partial charge >= 0.3 is 0 Å². The van der Waals surface area contributed by atoms with Crippen LogP contribution in [-0.2, 0) is 6.61 Å². The molecular formula is C21H21ClF3N3O. The molecule has 0 unspecified atom stereocenters. The highest BCUT2D eigenvalue weighted by Crippen LogP contribution is 2.36. The van der Waals surface area contributed by atoms with Crippen LogP contribution in [0, 0.1) is 5.82 Å². The Kier molecular flexibility index (Phi) is 6.17. The highest BCUT2D eigenvalue weighted by atomic mass is 35.5. The Balaban J connectivity index is 1.75. The minimum atomic E-state index is -2.95. The van der Waals surface area contributed by atoms with Gasteiger partial charge < -0.3 is 9.64 Å². The van der Waals surface area contributed by atoms with E-state index >= 15 is 0 Å². The van der Waals surface area contributed by atoms with Crippen molar-refractivity contribution in [1.82, 2.24) is 14.9 Å². The standard InChI is InChI=1S/C21H21ClF3N3O/c1-13(21(3,24)25)11-28(16-5-6-16)14(2)17-7-4-15(10-18(17)23)12-29-19-8-9-26-20(22)27-19/h4,7-11,16H,2,5-6,12H2,1,3H3/b13-11+. The quantitative estimate of drug-likeness (QED) is 0.500. The van der Waals surface area contributed by atoms with Crippen molar-refractivity contribution >= 4 is 17.3 Å². The molecule has 1 aliphatic rings. The Labute approximate surface area is 172 Å². The number of alkyl halides is 2. The van der Waals surface area contributed by atoms with Crippen molar-refractivity contribution in [2.24, 2.45) is 0 Å². The highest BCUT2D eigenvalue weighted by molar-refractivity contribution is 6.28. The molecule has 4 nitrogen and oxygen atoms in total. The van der Waals surface area contributed by atoms with E-state index in [1.54, 1.807) is 23.1 Å². The van der Waals surface area contributed by atoms with Crippen LogP contribution in [0.4, 0.5) is 13.2 Å². The van der Waals surface area contributed by atoms with Gasteiger partial charge in [0, 0.05) is 48.3 Å². The van der Waals surface area contributed by atoms with Crippen LogP contribution in [0.15, 0.2) is 48.8 Å². The van der Waals surface area contributed by atoms with Gasteiger partial charge in [-0.2, -0.15) is 4.98 Å². The van der Waals surface area contributed by atoms with E-state index in [1.807, 2.05) is 0 Å². The Morgan fingerprint density at radius 2 is 2.10 bits per heavy atom. The van der Waals surface area contributed by atoms with E-state index in [1.165, 1.54) is 25.4 Å². The number of aromatic nitrogens is 2. The molecule has 29 heavy (non-hydrogen) atoms. The van der Waals surface area contributed by atoms with Crippen molar-refractivity contribution in [2.45, 2.75) is 45.3 Å². The van der Waals surface area contributed by atoms with Crippen molar-refractivity contribution in [3.63, 3.8) is 0 Å². The molecule has 1 saturated carbocycles. The summed E-state index contributed by atoms with van der Waals surface area (Å²) in [5.74, 6) is -3.17. The second-order valence-electron chi connectivity index (χ2n) is 7.05. The van der Waals surface area contributed by atoms with Crippen LogP contribution in [0.2, 0.25) is 5.28 Å². The first-order valence-electron chi connectivity index (χ1n) is 9.09. The van der Waals surface area contributed by atoms with Crippen LogP contribution in [0.5, 0.6) is 5.88 Å². The molecule has 3 rings (SSSR count). The Hall–Kier alpha value is -2.54. The fourth-order valence-electron chi connectivity index (χ4n) is 2.66. The molecule has 1 aliphatic carbocycles. The third-order valence-corrected chi connectivity index (χ3v) is 4.79. The number of hydrogen-bond acceptors (Lipinski definition) is 4. The first-order valence-corrected chi connectivity index (χ1v) is 9.47. The van der Waals surface area contributed by atoms with Gasteiger partial charge in [-0.05, 0) is 49.1 Å². The van der Waals surface area contributed by atoms with Gasteiger partial charge in [-0.3, -0.25) is 0 Å². The topological polar surface area (TPSA) is 38.3 Å². The number of benzene rings is 1. The van der Waals surface area contributed by atoms with Crippen LogP contribution in [0.25, 0.3) is 5.70 Å². The molecule has 2 aromatic rings. The summed E-state index contributed by atoms with van der Waals surface area (Å²) in [7, 11) is 0. The van der Waals surface area contributed by atoms with E-state index < -0.39 is 11.7 Å². The van der Waals surface area contributed by atoms with Gasteiger partial charge in [0.2, 0.25) is 11.2 Å². The molecule has 0 amide bonds. The molecule has 0 spiro atoms. The second kappa shape index (κ2) is 8.45. The third kappa shape index (κ3) is 5.50. The second-order valence-corrected chi connectivity index (χ2v) is 7.39. The molecule has 1 aromatic heterocycles. The molecule has 1 aromatic carbocycles. The van der Waals surface area contributed by atoms with Crippen molar-refractivity contribution in [3.05, 3.63) is 71.0 Å². The maximum Gasteiger partial charge on any atom is 0.268 e. The smallest absolute Gasteiger partial charge is 0.268 e. The van der Waals surface area contributed by atoms with Gasteiger partial charge in [0.25, 0.3) is 5.92 Å².